The van der Waals surface area contributed by atoms with Crippen molar-refractivity contribution in [3.8, 4) is 11.5 Å². The van der Waals surface area contributed by atoms with Crippen LogP contribution in [0.4, 0.5) is 4.39 Å². The SMILES string of the molecule is Cc1cc(OC(=O)c2cccc(F)c2)cc2c1C(=O)/C(=C/c1ccccc1Cl)O2. The Hall–Kier alpha value is -3.44. The number of carbonyl (C=O) groups excluding carboxylic acids is 2. The van der Waals surface area contributed by atoms with Crippen LogP contribution in [0.25, 0.3) is 6.08 Å². The Labute approximate surface area is 171 Å². The van der Waals surface area contributed by atoms with Crippen LogP contribution in [0.3, 0.4) is 0 Å². The van der Waals surface area contributed by atoms with Crippen molar-refractivity contribution in [2.75, 3.05) is 0 Å². The summed E-state index contributed by atoms with van der Waals surface area (Å²) in [7, 11) is 0. The predicted molar refractivity (Wildman–Crippen MR) is 107 cm³/mol. The van der Waals surface area contributed by atoms with Crippen molar-refractivity contribution in [3.05, 3.63) is 99.5 Å². The van der Waals surface area contributed by atoms with Gasteiger partial charge in [-0.2, -0.15) is 0 Å². The van der Waals surface area contributed by atoms with Crippen molar-refractivity contribution in [2.24, 2.45) is 0 Å². The van der Waals surface area contributed by atoms with E-state index in [1.165, 1.54) is 24.3 Å². The van der Waals surface area contributed by atoms with E-state index in [9.17, 15) is 14.0 Å². The second kappa shape index (κ2) is 7.53. The highest BCUT2D eigenvalue weighted by Crippen LogP contribution is 2.38. The van der Waals surface area contributed by atoms with Gasteiger partial charge < -0.3 is 9.47 Å². The lowest BCUT2D eigenvalue weighted by Gasteiger charge is -2.08. The van der Waals surface area contributed by atoms with Crippen molar-refractivity contribution in [1.29, 1.82) is 0 Å². The van der Waals surface area contributed by atoms with Crippen LogP contribution >= 0.6 is 11.6 Å². The number of fused-ring (bicyclic) bond motifs is 1. The van der Waals surface area contributed by atoms with E-state index in [-0.39, 0.29) is 28.6 Å². The Kier molecular flexibility index (Phi) is 4.91. The third kappa shape index (κ3) is 3.77. The van der Waals surface area contributed by atoms with Crippen molar-refractivity contribution < 1.29 is 23.5 Å². The van der Waals surface area contributed by atoms with E-state index in [1.54, 1.807) is 43.3 Å². The topological polar surface area (TPSA) is 52.6 Å². The summed E-state index contributed by atoms with van der Waals surface area (Å²) < 4.78 is 24.4. The van der Waals surface area contributed by atoms with Crippen LogP contribution in [-0.2, 0) is 0 Å². The summed E-state index contributed by atoms with van der Waals surface area (Å²) in [5.74, 6) is -0.907. The average molecular weight is 409 g/mol. The van der Waals surface area contributed by atoms with Gasteiger partial charge in [-0.3, -0.25) is 4.79 Å². The molecule has 0 N–H and O–H groups in total. The quantitative estimate of drug-likeness (QED) is 0.320. The van der Waals surface area contributed by atoms with E-state index in [1.807, 2.05) is 0 Å². The lowest BCUT2D eigenvalue weighted by Crippen LogP contribution is -2.09. The number of benzene rings is 3. The fourth-order valence-electron chi connectivity index (χ4n) is 3.05. The number of hydrogen-bond acceptors (Lipinski definition) is 4. The Balaban J connectivity index is 1.63. The molecule has 0 fully saturated rings. The van der Waals surface area contributed by atoms with Crippen LogP contribution in [0.15, 0.2) is 66.4 Å². The van der Waals surface area contributed by atoms with E-state index in [4.69, 9.17) is 21.1 Å². The van der Waals surface area contributed by atoms with Crippen LogP contribution in [-0.4, -0.2) is 11.8 Å². The Morgan fingerprint density at radius 3 is 2.66 bits per heavy atom. The van der Waals surface area contributed by atoms with Crippen LogP contribution < -0.4 is 9.47 Å². The normalized spacial score (nSPS) is 13.9. The van der Waals surface area contributed by atoms with E-state index in [2.05, 4.69) is 0 Å². The van der Waals surface area contributed by atoms with Crippen molar-refractivity contribution in [1.82, 2.24) is 0 Å². The summed E-state index contributed by atoms with van der Waals surface area (Å²) in [6, 6.07) is 15.3. The number of allylic oxidation sites excluding steroid dienone is 1. The molecule has 0 atom stereocenters. The molecule has 0 aliphatic carbocycles. The van der Waals surface area contributed by atoms with Gasteiger partial charge in [0.1, 0.15) is 17.3 Å². The van der Waals surface area contributed by atoms with Gasteiger partial charge >= 0.3 is 5.97 Å². The fourth-order valence-corrected chi connectivity index (χ4v) is 3.24. The Bertz CT molecular complexity index is 1180. The minimum atomic E-state index is -0.708. The molecule has 4 rings (SSSR count). The molecule has 0 spiro atoms. The average Bonchev–Trinajstić information content (AvgIpc) is 2.99. The third-order valence-corrected chi connectivity index (χ3v) is 4.75. The first-order valence-corrected chi connectivity index (χ1v) is 9.11. The van der Waals surface area contributed by atoms with Gasteiger partial charge in [0, 0.05) is 11.1 Å². The first-order valence-electron chi connectivity index (χ1n) is 8.73. The van der Waals surface area contributed by atoms with Gasteiger partial charge in [-0.15, -0.1) is 0 Å². The molecule has 29 heavy (non-hydrogen) atoms. The zero-order chi connectivity index (χ0) is 20.5. The number of rotatable bonds is 3. The van der Waals surface area contributed by atoms with Crippen LogP contribution in [0.1, 0.15) is 31.8 Å². The number of Topliss-reactive ketones (excluding diaryl/α,β-unsaturated/α-hetero) is 1. The lowest BCUT2D eigenvalue weighted by molar-refractivity contribution is 0.0734. The summed E-state index contributed by atoms with van der Waals surface area (Å²) in [6.07, 6.45) is 1.57. The van der Waals surface area contributed by atoms with Gasteiger partial charge in [0.25, 0.3) is 0 Å². The molecule has 0 radical (unpaired) electrons. The molecule has 0 saturated heterocycles. The van der Waals surface area contributed by atoms with Gasteiger partial charge in [0.2, 0.25) is 5.78 Å². The molecule has 3 aromatic carbocycles. The second-order valence-electron chi connectivity index (χ2n) is 6.47. The second-order valence-corrected chi connectivity index (χ2v) is 6.88. The number of carbonyl (C=O) groups is 2. The number of ether oxygens (including phenoxy) is 2. The van der Waals surface area contributed by atoms with Gasteiger partial charge in [0.15, 0.2) is 5.76 Å². The number of halogens is 2. The molecule has 1 heterocycles. The molecule has 0 amide bonds. The summed E-state index contributed by atoms with van der Waals surface area (Å²) in [5, 5.41) is 0.494. The van der Waals surface area contributed by atoms with Gasteiger partial charge in [-0.25, -0.2) is 9.18 Å². The van der Waals surface area contributed by atoms with Crippen molar-refractivity contribution in [3.63, 3.8) is 0 Å². The standard InChI is InChI=1S/C23H14ClFO4/c1-13-9-17(28-23(27)15-6-4-7-16(25)10-15)12-19-21(13)22(26)20(29-19)11-14-5-2-3-8-18(14)24/h2-12H,1H3/b20-11-. The number of aryl methyl sites for hydroxylation is 1. The van der Waals surface area contributed by atoms with Crippen LogP contribution in [0, 0.1) is 12.7 Å². The summed E-state index contributed by atoms with van der Waals surface area (Å²) in [4.78, 5) is 25.0. The zero-order valence-corrected chi connectivity index (χ0v) is 16.0. The predicted octanol–water partition coefficient (Wildman–Crippen LogP) is 5.62. The summed E-state index contributed by atoms with van der Waals surface area (Å²) >= 11 is 6.15. The lowest BCUT2D eigenvalue weighted by atomic mass is 10.0. The molecule has 1 aliphatic heterocycles. The molecule has 0 bridgehead atoms. The highest BCUT2D eigenvalue weighted by Gasteiger charge is 2.30. The number of esters is 1. The first kappa shape index (κ1) is 18.9. The van der Waals surface area contributed by atoms with Crippen LogP contribution in [0.5, 0.6) is 11.5 Å². The molecule has 4 nitrogen and oxygen atoms in total. The maximum Gasteiger partial charge on any atom is 0.343 e. The Morgan fingerprint density at radius 2 is 1.90 bits per heavy atom. The fraction of sp³-hybridized carbons (Fsp3) is 0.0435. The zero-order valence-electron chi connectivity index (χ0n) is 15.2. The minimum Gasteiger partial charge on any atom is -0.452 e. The minimum absolute atomic E-state index is 0.0828. The van der Waals surface area contributed by atoms with Crippen molar-refractivity contribution >= 4 is 29.4 Å². The van der Waals surface area contributed by atoms with Crippen LogP contribution in [0.2, 0.25) is 5.02 Å². The monoisotopic (exact) mass is 408 g/mol. The van der Waals surface area contributed by atoms with Gasteiger partial charge in [-0.1, -0.05) is 35.9 Å². The van der Waals surface area contributed by atoms with Gasteiger partial charge in [-0.05, 0) is 54.5 Å². The van der Waals surface area contributed by atoms with Crippen molar-refractivity contribution in [2.45, 2.75) is 6.92 Å². The molecule has 1 aliphatic rings. The first-order chi connectivity index (χ1) is 13.9. The number of ketones is 1. The molecule has 0 unspecified atom stereocenters. The molecule has 3 aromatic rings. The smallest absolute Gasteiger partial charge is 0.343 e. The van der Waals surface area contributed by atoms with E-state index in [0.29, 0.717) is 21.7 Å². The third-order valence-electron chi connectivity index (χ3n) is 4.41. The maximum absolute atomic E-state index is 13.3. The largest absolute Gasteiger partial charge is 0.452 e. The van der Waals surface area contributed by atoms with Gasteiger partial charge in [0.05, 0.1) is 11.1 Å². The molecule has 6 heteroatoms. The molecule has 0 saturated carbocycles. The highest BCUT2D eigenvalue weighted by molar-refractivity contribution is 6.32. The summed E-state index contributed by atoms with van der Waals surface area (Å²) in [5.41, 5.74) is 1.73. The highest BCUT2D eigenvalue weighted by atomic mass is 35.5. The summed E-state index contributed by atoms with van der Waals surface area (Å²) in [6.45, 7) is 1.72. The maximum atomic E-state index is 13.3. The molecule has 144 valence electrons. The molecule has 0 aromatic heterocycles. The molecular formula is C23H14ClFO4. The van der Waals surface area contributed by atoms with E-state index in [0.717, 1.165) is 6.07 Å². The molecular weight excluding hydrogens is 395 g/mol. The Morgan fingerprint density at radius 1 is 1.10 bits per heavy atom. The number of hydrogen-bond donors (Lipinski definition) is 0. The van der Waals surface area contributed by atoms with E-state index < -0.39 is 11.8 Å². The van der Waals surface area contributed by atoms with E-state index >= 15 is 0 Å².